The summed E-state index contributed by atoms with van der Waals surface area (Å²) in [4.78, 5) is 11.0. The maximum atomic E-state index is 11.0. The lowest BCUT2D eigenvalue weighted by atomic mass is 10.0. The average molecular weight is 207 g/mol. The number of nitrogens with zero attached hydrogens (tertiary/aromatic N) is 1. The monoisotopic (exact) mass is 207 g/mol. The zero-order valence-corrected chi connectivity index (χ0v) is 8.55. The first-order chi connectivity index (χ1) is 7.90. The van der Waals surface area contributed by atoms with Gasteiger partial charge in [0.2, 0.25) is 0 Å². The molecule has 0 fully saturated rings. The number of fused-ring (bicyclic) bond motifs is 2. The van der Waals surface area contributed by atoms with Crippen LogP contribution in [0.5, 0.6) is 0 Å². The highest BCUT2D eigenvalue weighted by molar-refractivity contribution is 6.09. The van der Waals surface area contributed by atoms with Crippen LogP contribution in [0.25, 0.3) is 21.5 Å². The van der Waals surface area contributed by atoms with Crippen molar-refractivity contribution in [2.24, 2.45) is 5.18 Å². The predicted octanol–water partition coefficient (Wildman–Crippen LogP) is 4.39. The van der Waals surface area contributed by atoms with Gasteiger partial charge in [-0.05, 0) is 22.0 Å². The summed E-state index contributed by atoms with van der Waals surface area (Å²) < 4.78 is 0. The van der Waals surface area contributed by atoms with Gasteiger partial charge in [0.05, 0.1) is 0 Å². The third kappa shape index (κ3) is 1.20. The molecule has 0 radical (unpaired) electrons. The van der Waals surface area contributed by atoms with Gasteiger partial charge >= 0.3 is 0 Å². The highest BCUT2D eigenvalue weighted by Crippen LogP contribution is 2.34. The maximum absolute atomic E-state index is 11.0. The standard InChI is InChI=1S/C14H9NO/c16-15-14-12-7-3-1-5-10(12)9-11-6-2-4-8-13(11)14/h1-9H. The third-order valence-electron chi connectivity index (χ3n) is 2.83. The Hall–Kier alpha value is -2.22. The lowest BCUT2D eigenvalue weighted by Gasteiger charge is -2.04. The third-order valence-corrected chi connectivity index (χ3v) is 2.83. The van der Waals surface area contributed by atoms with Gasteiger partial charge in [0.25, 0.3) is 0 Å². The quantitative estimate of drug-likeness (QED) is 0.429. The zero-order chi connectivity index (χ0) is 11.0. The van der Waals surface area contributed by atoms with Gasteiger partial charge in [0.15, 0.2) is 0 Å². The zero-order valence-electron chi connectivity index (χ0n) is 8.55. The Kier molecular flexibility index (Phi) is 1.93. The van der Waals surface area contributed by atoms with Crippen LogP contribution in [-0.4, -0.2) is 0 Å². The Bertz CT molecular complexity index is 634. The number of nitroso groups, excluding NO2 is 1. The lowest BCUT2D eigenvalue weighted by molar-refractivity contribution is 1.57. The molecule has 0 saturated heterocycles. The summed E-state index contributed by atoms with van der Waals surface area (Å²) in [6, 6.07) is 17.7. The Balaban J connectivity index is 2.61. The van der Waals surface area contributed by atoms with Crippen molar-refractivity contribution in [3.63, 3.8) is 0 Å². The molecule has 0 amide bonds. The molecule has 0 aromatic heterocycles. The van der Waals surface area contributed by atoms with Crippen molar-refractivity contribution in [2.75, 3.05) is 0 Å². The molecule has 0 N–H and O–H groups in total. The van der Waals surface area contributed by atoms with Gasteiger partial charge < -0.3 is 0 Å². The van der Waals surface area contributed by atoms with Crippen molar-refractivity contribution < 1.29 is 0 Å². The molecule has 3 aromatic carbocycles. The van der Waals surface area contributed by atoms with Gasteiger partial charge in [-0.3, -0.25) is 0 Å². The molecule has 0 aliphatic rings. The second-order valence-electron chi connectivity index (χ2n) is 3.76. The van der Waals surface area contributed by atoms with Gasteiger partial charge in [-0.15, -0.1) is 4.91 Å². The van der Waals surface area contributed by atoms with Crippen LogP contribution in [0.4, 0.5) is 5.69 Å². The fraction of sp³-hybridized carbons (Fsp3) is 0. The molecular formula is C14H9NO. The highest BCUT2D eigenvalue weighted by atomic mass is 16.3. The number of hydrogen-bond acceptors (Lipinski definition) is 2. The molecule has 3 rings (SSSR count). The van der Waals surface area contributed by atoms with Gasteiger partial charge in [-0.1, -0.05) is 48.5 Å². The molecule has 2 nitrogen and oxygen atoms in total. The van der Waals surface area contributed by atoms with Crippen molar-refractivity contribution in [3.8, 4) is 0 Å². The van der Waals surface area contributed by atoms with Crippen LogP contribution in [-0.2, 0) is 0 Å². The summed E-state index contributed by atoms with van der Waals surface area (Å²) in [7, 11) is 0. The Labute approximate surface area is 92.5 Å². The largest absolute Gasteiger partial charge is 0.145 e. The van der Waals surface area contributed by atoms with Crippen molar-refractivity contribution >= 4 is 27.2 Å². The summed E-state index contributed by atoms with van der Waals surface area (Å²) >= 11 is 0. The average Bonchev–Trinajstić information content (AvgIpc) is 2.36. The van der Waals surface area contributed by atoms with E-state index in [9.17, 15) is 4.91 Å². The molecule has 0 unspecified atom stereocenters. The van der Waals surface area contributed by atoms with Gasteiger partial charge in [-0.25, -0.2) is 0 Å². The molecule has 0 spiro atoms. The second kappa shape index (κ2) is 3.42. The van der Waals surface area contributed by atoms with Gasteiger partial charge in [0, 0.05) is 10.8 Å². The first kappa shape index (κ1) is 9.04. The Morgan fingerprint density at radius 3 is 1.75 bits per heavy atom. The van der Waals surface area contributed by atoms with Crippen LogP contribution in [0.15, 0.2) is 59.8 Å². The van der Waals surface area contributed by atoms with E-state index in [0.29, 0.717) is 5.69 Å². The molecule has 3 aromatic rings. The Morgan fingerprint density at radius 2 is 1.25 bits per heavy atom. The van der Waals surface area contributed by atoms with E-state index in [-0.39, 0.29) is 0 Å². The molecule has 0 aliphatic heterocycles. The molecular weight excluding hydrogens is 198 g/mol. The minimum atomic E-state index is 0.536. The van der Waals surface area contributed by atoms with E-state index in [4.69, 9.17) is 0 Å². The second-order valence-corrected chi connectivity index (χ2v) is 3.76. The van der Waals surface area contributed by atoms with E-state index < -0.39 is 0 Å². The predicted molar refractivity (Wildman–Crippen MR) is 66.9 cm³/mol. The smallest absolute Gasteiger partial charge is 0.123 e. The molecule has 2 heteroatoms. The van der Waals surface area contributed by atoms with E-state index in [0.717, 1.165) is 21.5 Å². The molecule has 16 heavy (non-hydrogen) atoms. The first-order valence-corrected chi connectivity index (χ1v) is 5.14. The number of benzene rings is 3. The van der Waals surface area contributed by atoms with Crippen LogP contribution in [0, 0.1) is 4.91 Å². The van der Waals surface area contributed by atoms with Crippen LogP contribution in [0.3, 0.4) is 0 Å². The fourth-order valence-electron chi connectivity index (χ4n) is 2.09. The van der Waals surface area contributed by atoms with Gasteiger partial charge in [0.1, 0.15) is 5.69 Å². The number of hydrogen-bond donors (Lipinski definition) is 0. The summed E-state index contributed by atoms with van der Waals surface area (Å²) in [5.74, 6) is 0. The topological polar surface area (TPSA) is 29.4 Å². The minimum Gasteiger partial charge on any atom is -0.145 e. The van der Waals surface area contributed by atoms with Gasteiger partial charge in [-0.2, -0.15) is 0 Å². The fourth-order valence-corrected chi connectivity index (χ4v) is 2.09. The van der Waals surface area contributed by atoms with Crippen molar-refractivity contribution in [3.05, 3.63) is 59.5 Å². The molecule has 0 atom stereocenters. The van der Waals surface area contributed by atoms with E-state index in [2.05, 4.69) is 11.2 Å². The van der Waals surface area contributed by atoms with E-state index >= 15 is 0 Å². The molecule has 0 aliphatic carbocycles. The lowest BCUT2D eigenvalue weighted by Crippen LogP contribution is -1.77. The van der Waals surface area contributed by atoms with Crippen molar-refractivity contribution in [1.29, 1.82) is 0 Å². The van der Waals surface area contributed by atoms with Crippen LogP contribution in [0.1, 0.15) is 0 Å². The van der Waals surface area contributed by atoms with E-state index in [1.54, 1.807) is 0 Å². The van der Waals surface area contributed by atoms with Crippen LogP contribution in [0.2, 0.25) is 0 Å². The normalized spacial score (nSPS) is 10.8. The summed E-state index contributed by atoms with van der Waals surface area (Å²) in [5.41, 5.74) is 0.536. The summed E-state index contributed by atoms with van der Waals surface area (Å²) in [5, 5.41) is 7.11. The first-order valence-electron chi connectivity index (χ1n) is 5.14. The van der Waals surface area contributed by atoms with E-state index in [1.807, 2.05) is 48.5 Å². The van der Waals surface area contributed by atoms with Crippen LogP contribution >= 0.6 is 0 Å². The molecule has 0 bridgehead atoms. The Morgan fingerprint density at radius 1 is 0.750 bits per heavy atom. The SMILES string of the molecule is O=Nc1c2ccccc2cc2ccccc12. The minimum absolute atomic E-state index is 0.536. The summed E-state index contributed by atoms with van der Waals surface area (Å²) in [6.45, 7) is 0. The molecule has 76 valence electrons. The number of rotatable bonds is 1. The van der Waals surface area contributed by atoms with Crippen molar-refractivity contribution in [2.45, 2.75) is 0 Å². The maximum Gasteiger partial charge on any atom is 0.123 e. The highest BCUT2D eigenvalue weighted by Gasteiger charge is 2.06. The van der Waals surface area contributed by atoms with Crippen LogP contribution < -0.4 is 0 Å². The van der Waals surface area contributed by atoms with E-state index in [1.165, 1.54) is 0 Å². The van der Waals surface area contributed by atoms with Crippen molar-refractivity contribution in [1.82, 2.24) is 0 Å². The molecule has 0 saturated carbocycles. The summed E-state index contributed by atoms with van der Waals surface area (Å²) in [6.07, 6.45) is 0. The molecule has 0 heterocycles.